The number of methoxy groups -OCH3 is 1. The van der Waals surface area contributed by atoms with E-state index in [1.165, 1.54) is 12.1 Å². The van der Waals surface area contributed by atoms with Crippen molar-refractivity contribution >= 4 is 11.9 Å². The van der Waals surface area contributed by atoms with Gasteiger partial charge in [0.15, 0.2) is 0 Å². The van der Waals surface area contributed by atoms with Crippen LogP contribution in [-0.4, -0.2) is 75.1 Å². The standard InChI is InChI=1S/C22H32F3N3O4/c1-20(2,3)17-8-6-16(7-9-17)18(29)27-21(19(30)31-4,22(23,24)25)26-10-5-11-28-12-14-32-15-13-28/h6-9,26H,5,10-15H2,1-4H3,(H,27,29)/t21-/m0/s1. The number of hydrogen-bond acceptors (Lipinski definition) is 6. The maximum absolute atomic E-state index is 14.1. The zero-order chi connectivity index (χ0) is 24.0. The molecule has 180 valence electrons. The van der Waals surface area contributed by atoms with Gasteiger partial charge in [0.25, 0.3) is 11.6 Å². The van der Waals surface area contributed by atoms with Crippen molar-refractivity contribution in [2.45, 2.75) is 44.4 Å². The molecule has 0 aliphatic carbocycles. The molecule has 2 rings (SSSR count). The highest BCUT2D eigenvalue weighted by molar-refractivity contribution is 5.98. The maximum atomic E-state index is 14.1. The lowest BCUT2D eigenvalue weighted by Gasteiger charge is -2.35. The molecule has 1 aromatic rings. The Bertz CT molecular complexity index is 772. The van der Waals surface area contributed by atoms with Gasteiger partial charge in [0, 0.05) is 18.7 Å². The van der Waals surface area contributed by atoms with Crippen LogP contribution in [0.4, 0.5) is 13.2 Å². The number of nitrogens with zero attached hydrogens (tertiary/aromatic N) is 1. The second-order valence-electron chi connectivity index (χ2n) is 8.76. The molecule has 1 heterocycles. The van der Waals surface area contributed by atoms with E-state index in [1.54, 1.807) is 12.1 Å². The van der Waals surface area contributed by atoms with E-state index in [0.29, 0.717) is 39.3 Å². The van der Waals surface area contributed by atoms with E-state index in [4.69, 9.17) is 4.74 Å². The van der Waals surface area contributed by atoms with Crippen LogP contribution in [0, 0.1) is 0 Å². The summed E-state index contributed by atoms with van der Waals surface area (Å²) in [7, 11) is 0.850. The molecular weight excluding hydrogens is 427 g/mol. The zero-order valence-electron chi connectivity index (χ0n) is 19.0. The number of morpholine rings is 1. The van der Waals surface area contributed by atoms with E-state index in [-0.39, 0.29) is 17.5 Å². The Balaban J connectivity index is 2.16. The number of carbonyl (C=O) groups excluding carboxylic acids is 2. The van der Waals surface area contributed by atoms with Crippen LogP contribution in [0.2, 0.25) is 0 Å². The van der Waals surface area contributed by atoms with Crippen LogP contribution < -0.4 is 10.6 Å². The summed E-state index contributed by atoms with van der Waals surface area (Å²) >= 11 is 0. The molecule has 1 fully saturated rings. The van der Waals surface area contributed by atoms with E-state index < -0.39 is 23.7 Å². The SMILES string of the molecule is COC(=O)[C@](NCCCN1CCOCC1)(NC(=O)c1ccc(C(C)(C)C)cc1)C(F)(F)F. The molecule has 7 nitrogen and oxygen atoms in total. The quantitative estimate of drug-likeness (QED) is 0.353. The van der Waals surface area contributed by atoms with Crippen molar-refractivity contribution in [3.63, 3.8) is 0 Å². The summed E-state index contributed by atoms with van der Waals surface area (Å²) in [6.45, 7) is 8.87. The minimum atomic E-state index is -5.12. The molecule has 1 aliphatic rings. The smallest absolute Gasteiger partial charge is 0.436 e. The number of alkyl halides is 3. The van der Waals surface area contributed by atoms with Gasteiger partial charge in [0.05, 0.1) is 20.3 Å². The molecule has 10 heteroatoms. The number of esters is 1. The van der Waals surface area contributed by atoms with Gasteiger partial charge in [-0.3, -0.25) is 15.0 Å². The Labute approximate surface area is 186 Å². The van der Waals surface area contributed by atoms with E-state index >= 15 is 0 Å². The zero-order valence-corrected chi connectivity index (χ0v) is 19.0. The predicted octanol–water partition coefficient (Wildman–Crippen LogP) is 2.46. The Hall–Kier alpha value is -2.17. The molecule has 1 aromatic carbocycles. The fourth-order valence-electron chi connectivity index (χ4n) is 3.37. The molecule has 0 unspecified atom stereocenters. The van der Waals surface area contributed by atoms with Crippen molar-refractivity contribution in [2.75, 3.05) is 46.5 Å². The van der Waals surface area contributed by atoms with Crippen LogP contribution in [0.1, 0.15) is 43.1 Å². The van der Waals surface area contributed by atoms with Crippen LogP contribution in [0.5, 0.6) is 0 Å². The molecule has 2 N–H and O–H groups in total. The summed E-state index contributed by atoms with van der Waals surface area (Å²) < 4.78 is 51.9. The fourth-order valence-corrected chi connectivity index (χ4v) is 3.37. The first-order valence-corrected chi connectivity index (χ1v) is 10.5. The monoisotopic (exact) mass is 459 g/mol. The third-order valence-corrected chi connectivity index (χ3v) is 5.38. The first kappa shape index (κ1) is 26.1. The molecule has 1 amide bonds. The van der Waals surface area contributed by atoms with Crippen LogP contribution in [0.3, 0.4) is 0 Å². The Morgan fingerprint density at radius 1 is 1.09 bits per heavy atom. The predicted molar refractivity (Wildman–Crippen MR) is 113 cm³/mol. The highest BCUT2D eigenvalue weighted by Gasteiger charge is 2.62. The van der Waals surface area contributed by atoms with E-state index in [0.717, 1.165) is 12.7 Å². The highest BCUT2D eigenvalue weighted by atomic mass is 19.4. The first-order chi connectivity index (χ1) is 14.9. The third kappa shape index (κ3) is 6.43. The first-order valence-electron chi connectivity index (χ1n) is 10.5. The van der Waals surface area contributed by atoms with Crippen molar-refractivity contribution < 1.29 is 32.2 Å². The summed E-state index contributed by atoms with van der Waals surface area (Å²) in [4.78, 5) is 27.0. The summed E-state index contributed by atoms with van der Waals surface area (Å²) in [5.41, 5.74) is -2.61. The van der Waals surface area contributed by atoms with Crippen molar-refractivity contribution in [3.8, 4) is 0 Å². The number of ether oxygens (including phenoxy) is 2. The van der Waals surface area contributed by atoms with E-state index in [1.807, 2.05) is 26.1 Å². The van der Waals surface area contributed by atoms with Crippen molar-refractivity contribution in [3.05, 3.63) is 35.4 Å². The molecule has 32 heavy (non-hydrogen) atoms. The van der Waals surface area contributed by atoms with Gasteiger partial charge in [-0.25, -0.2) is 4.79 Å². The van der Waals surface area contributed by atoms with E-state index in [2.05, 4.69) is 15.0 Å². The van der Waals surface area contributed by atoms with Crippen LogP contribution in [0.25, 0.3) is 0 Å². The number of halogens is 3. The number of benzene rings is 1. The van der Waals surface area contributed by atoms with E-state index in [9.17, 15) is 22.8 Å². The van der Waals surface area contributed by atoms with Gasteiger partial charge in [-0.2, -0.15) is 13.2 Å². The van der Waals surface area contributed by atoms with Crippen molar-refractivity contribution in [2.24, 2.45) is 0 Å². The molecule has 0 spiro atoms. The second kappa shape index (κ2) is 10.6. The van der Waals surface area contributed by atoms with Gasteiger partial charge < -0.3 is 14.8 Å². The van der Waals surface area contributed by atoms with Gasteiger partial charge in [-0.15, -0.1) is 0 Å². The fraction of sp³-hybridized carbons (Fsp3) is 0.636. The van der Waals surface area contributed by atoms with Crippen LogP contribution in [-0.2, 0) is 19.7 Å². The molecule has 0 radical (unpaired) electrons. The van der Waals surface area contributed by atoms with Crippen LogP contribution >= 0.6 is 0 Å². The summed E-state index contributed by atoms with van der Waals surface area (Å²) in [5.74, 6) is -2.66. The molecule has 0 bridgehead atoms. The second-order valence-corrected chi connectivity index (χ2v) is 8.76. The highest BCUT2D eigenvalue weighted by Crippen LogP contribution is 2.30. The number of hydrogen-bond donors (Lipinski definition) is 2. The largest absolute Gasteiger partial charge is 0.466 e. The van der Waals surface area contributed by atoms with Gasteiger partial charge in [-0.1, -0.05) is 32.9 Å². The molecule has 0 saturated carbocycles. The lowest BCUT2D eigenvalue weighted by Crippen LogP contribution is -2.72. The van der Waals surface area contributed by atoms with Gasteiger partial charge in [0.1, 0.15) is 0 Å². The van der Waals surface area contributed by atoms with Crippen molar-refractivity contribution in [1.29, 1.82) is 0 Å². The van der Waals surface area contributed by atoms with Crippen molar-refractivity contribution in [1.82, 2.24) is 15.5 Å². The molecular formula is C22H32F3N3O4. The Kier molecular flexibility index (Phi) is 8.67. The number of amides is 1. The van der Waals surface area contributed by atoms with Gasteiger partial charge in [0.2, 0.25) is 0 Å². The summed E-state index contributed by atoms with van der Waals surface area (Å²) in [5, 5.41) is 4.06. The number of carbonyl (C=O) groups is 2. The summed E-state index contributed by atoms with van der Waals surface area (Å²) in [6.07, 6.45) is -4.79. The normalized spacial score (nSPS) is 17.5. The lowest BCUT2D eigenvalue weighted by molar-refractivity contribution is -0.217. The average molecular weight is 460 g/mol. The van der Waals surface area contributed by atoms with Gasteiger partial charge in [-0.05, 0) is 42.6 Å². The summed E-state index contributed by atoms with van der Waals surface area (Å²) in [6, 6.07) is 6.23. The minimum Gasteiger partial charge on any atom is -0.466 e. The number of nitrogens with one attached hydrogen (secondary N) is 2. The third-order valence-electron chi connectivity index (χ3n) is 5.38. The lowest BCUT2D eigenvalue weighted by atomic mass is 9.86. The van der Waals surface area contributed by atoms with Gasteiger partial charge >= 0.3 is 12.1 Å². The van der Waals surface area contributed by atoms with Crippen LogP contribution in [0.15, 0.2) is 24.3 Å². The Morgan fingerprint density at radius 2 is 1.69 bits per heavy atom. The minimum absolute atomic E-state index is 0.00523. The molecule has 0 aromatic heterocycles. The number of rotatable bonds is 8. The topological polar surface area (TPSA) is 79.9 Å². The molecule has 1 atom stereocenters. The molecule has 1 aliphatic heterocycles. The molecule has 1 saturated heterocycles. The average Bonchev–Trinajstić information content (AvgIpc) is 2.74. The Morgan fingerprint density at radius 3 is 2.19 bits per heavy atom. The maximum Gasteiger partial charge on any atom is 0.436 e.